The third-order valence-corrected chi connectivity index (χ3v) is 7.94. The number of carbonyl (C=O) groups is 2. The van der Waals surface area contributed by atoms with E-state index in [1.807, 2.05) is 7.05 Å². The predicted molar refractivity (Wildman–Crippen MR) is 102 cm³/mol. The van der Waals surface area contributed by atoms with Gasteiger partial charge < -0.3 is 20.4 Å². The van der Waals surface area contributed by atoms with Crippen LogP contribution in [0.5, 0.6) is 0 Å². The number of thioether (sulfide) groups is 1. The number of hydrogen-bond donors (Lipinski definition) is 3. The van der Waals surface area contributed by atoms with Gasteiger partial charge in [0.2, 0.25) is 0 Å². The molecule has 0 saturated carbocycles. The molecule has 2 atom stereocenters. The van der Waals surface area contributed by atoms with E-state index >= 15 is 0 Å². The molecule has 0 aromatic carbocycles. The highest BCUT2D eigenvalue weighted by atomic mass is 32.2. The molecule has 3 N–H and O–H groups in total. The van der Waals surface area contributed by atoms with E-state index in [4.69, 9.17) is 0 Å². The third-order valence-electron chi connectivity index (χ3n) is 5.33. The normalized spacial score (nSPS) is 28.7. The minimum Gasteiger partial charge on any atom is -0.478 e. The summed E-state index contributed by atoms with van der Waals surface area (Å²) in [5.41, 5.74) is 2.06. The van der Waals surface area contributed by atoms with Gasteiger partial charge in [-0.05, 0) is 44.3 Å². The summed E-state index contributed by atoms with van der Waals surface area (Å²) in [5.74, 6) is -2.38. The Morgan fingerprint density at radius 1 is 1.38 bits per heavy atom. The SMILES string of the molecule is CN1CCC(C2(/C(=C\C(=O)O)C(=O)O)NC3=C(CCc4sccc43)S2)C1. The first-order valence-electron chi connectivity index (χ1n) is 8.54. The second-order valence-electron chi connectivity index (χ2n) is 6.97. The molecule has 1 aromatic heterocycles. The Morgan fingerprint density at radius 2 is 2.19 bits per heavy atom. The molecule has 2 unspecified atom stereocenters. The number of allylic oxidation sites excluding steroid dienone is 1. The van der Waals surface area contributed by atoms with E-state index in [0.29, 0.717) is 0 Å². The fraction of sp³-hybridized carbons (Fsp3) is 0.444. The molecule has 1 aliphatic carbocycles. The van der Waals surface area contributed by atoms with Crippen LogP contribution >= 0.6 is 23.1 Å². The summed E-state index contributed by atoms with van der Waals surface area (Å²) in [6, 6.07) is 2.07. The van der Waals surface area contributed by atoms with E-state index in [2.05, 4.69) is 21.7 Å². The van der Waals surface area contributed by atoms with Crippen LogP contribution < -0.4 is 5.32 Å². The molecule has 26 heavy (non-hydrogen) atoms. The Kier molecular flexibility index (Phi) is 4.37. The highest BCUT2D eigenvalue weighted by Gasteiger charge is 2.53. The Balaban J connectivity index is 1.80. The number of rotatable bonds is 4. The van der Waals surface area contributed by atoms with Crippen molar-refractivity contribution in [3.05, 3.63) is 38.4 Å². The van der Waals surface area contributed by atoms with Crippen molar-refractivity contribution in [1.82, 2.24) is 10.2 Å². The molecule has 3 aliphatic rings. The van der Waals surface area contributed by atoms with Crippen LogP contribution in [-0.4, -0.2) is 52.1 Å². The molecule has 4 rings (SSSR count). The van der Waals surface area contributed by atoms with E-state index < -0.39 is 16.8 Å². The number of hydrogen-bond acceptors (Lipinski definition) is 6. The number of fused-ring (bicyclic) bond motifs is 2. The third kappa shape index (κ3) is 2.76. The van der Waals surface area contributed by atoms with Crippen molar-refractivity contribution in [2.45, 2.75) is 24.1 Å². The smallest absolute Gasteiger partial charge is 0.335 e. The summed E-state index contributed by atoms with van der Waals surface area (Å²) in [5, 5.41) is 24.7. The molecular formula is C18H20N2O4S2. The summed E-state index contributed by atoms with van der Waals surface area (Å²) in [6.45, 7) is 1.62. The predicted octanol–water partition coefficient (Wildman–Crippen LogP) is 2.44. The molecule has 0 spiro atoms. The van der Waals surface area contributed by atoms with Gasteiger partial charge in [-0.3, -0.25) is 0 Å². The van der Waals surface area contributed by atoms with Crippen LogP contribution in [0.2, 0.25) is 0 Å². The maximum absolute atomic E-state index is 12.1. The van der Waals surface area contributed by atoms with Crippen molar-refractivity contribution in [3.8, 4) is 0 Å². The molecule has 0 amide bonds. The first-order chi connectivity index (χ1) is 12.4. The topological polar surface area (TPSA) is 89.9 Å². The summed E-state index contributed by atoms with van der Waals surface area (Å²) < 4.78 is 0. The molecule has 1 aromatic rings. The van der Waals surface area contributed by atoms with E-state index in [1.54, 1.807) is 11.3 Å². The van der Waals surface area contributed by atoms with Gasteiger partial charge in [0.05, 0.1) is 11.3 Å². The standard InChI is InChI=1S/C18H20N2O4S2/c1-20-6-4-10(9-20)18(12(17(23)24)8-15(21)22)19-16-11-5-7-25-13(11)2-3-14(16)26-18/h5,7-8,10,19H,2-4,6,9H2,1H3,(H,21,22)(H,23,24)/b12-8-. The van der Waals surface area contributed by atoms with Crippen molar-refractivity contribution in [3.63, 3.8) is 0 Å². The summed E-state index contributed by atoms with van der Waals surface area (Å²) in [6.07, 6.45) is 3.52. The van der Waals surface area contributed by atoms with E-state index in [0.717, 1.165) is 54.6 Å². The minimum absolute atomic E-state index is 0.0203. The van der Waals surface area contributed by atoms with Crippen LogP contribution in [0, 0.1) is 5.92 Å². The van der Waals surface area contributed by atoms with E-state index in [1.165, 1.54) is 16.6 Å². The van der Waals surface area contributed by atoms with Gasteiger partial charge in [0.1, 0.15) is 4.87 Å². The number of carboxylic acids is 2. The van der Waals surface area contributed by atoms with Gasteiger partial charge in [0.25, 0.3) is 0 Å². The second kappa shape index (κ2) is 6.44. The maximum atomic E-state index is 12.1. The largest absolute Gasteiger partial charge is 0.478 e. The average molecular weight is 393 g/mol. The van der Waals surface area contributed by atoms with Crippen molar-refractivity contribution < 1.29 is 19.8 Å². The summed E-state index contributed by atoms with van der Waals surface area (Å²) in [7, 11) is 2.01. The lowest BCUT2D eigenvalue weighted by Gasteiger charge is -2.36. The Labute approximate surface area is 159 Å². The number of nitrogens with one attached hydrogen (secondary N) is 1. The lowest BCUT2D eigenvalue weighted by Crippen LogP contribution is -2.49. The lowest BCUT2D eigenvalue weighted by molar-refractivity contribution is -0.135. The van der Waals surface area contributed by atoms with Crippen LogP contribution in [0.3, 0.4) is 0 Å². The molecule has 1 saturated heterocycles. The lowest BCUT2D eigenvalue weighted by atomic mass is 9.89. The highest BCUT2D eigenvalue weighted by Crippen LogP contribution is 2.55. The molecule has 3 heterocycles. The average Bonchev–Trinajstić information content (AvgIpc) is 3.28. The molecule has 0 radical (unpaired) electrons. The molecule has 2 aliphatic heterocycles. The number of thiophene rings is 1. The van der Waals surface area contributed by atoms with Crippen LogP contribution in [0.25, 0.3) is 5.70 Å². The number of nitrogens with zero attached hydrogens (tertiary/aromatic N) is 1. The molecule has 8 heteroatoms. The summed E-state index contributed by atoms with van der Waals surface area (Å²) >= 11 is 3.24. The van der Waals surface area contributed by atoms with Crippen molar-refractivity contribution in [1.29, 1.82) is 0 Å². The number of likely N-dealkylation sites (tertiary alicyclic amines) is 1. The highest BCUT2D eigenvalue weighted by molar-refractivity contribution is 8.05. The van der Waals surface area contributed by atoms with Crippen molar-refractivity contribution >= 4 is 40.7 Å². The van der Waals surface area contributed by atoms with Crippen LogP contribution in [0.1, 0.15) is 23.3 Å². The Morgan fingerprint density at radius 3 is 2.85 bits per heavy atom. The molecular weight excluding hydrogens is 372 g/mol. The minimum atomic E-state index is -1.23. The molecule has 1 fully saturated rings. The Hall–Kier alpha value is -1.77. The van der Waals surface area contributed by atoms with Gasteiger partial charge in [-0.2, -0.15) is 0 Å². The van der Waals surface area contributed by atoms with E-state index in [-0.39, 0.29) is 11.5 Å². The summed E-state index contributed by atoms with van der Waals surface area (Å²) in [4.78, 5) is 27.1. The number of aliphatic carboxylic acids is 2. The molecule has 6 nitrogen and oxygen atoms in total. The zero-order chi connectivity index (χ0) is 18.5. The monoisotopic (exact) mass is 392 g/mol. The van der Waals surface area contributed by atoms with Gasteiger partial charge in [0, 0.05) is 33.9 Å². The second-order valence-corrected chi connectivity index (χ2v) is 9.31. The quantitative estimate of drug-likeness (QED) is 0.678. The van der Waals surface area contributed by atoms with Gasteiger partial charge >= 0.3 is 11.9 Å². The number of aryl methyl sites for hydroxylation is 1. The fourth-order valence-corrected chi connectivity index (χ4v) is 6.66. The zero-order valence-electron chi connectivity index (χ0n) is 14.3. The zero-order valence-corrected chi connectivity index (χ0v) is 16.0. The van der Waals surface area contributed by atoms with Gasteiger partial charge in [-0.15, -0.1) is 11.3 Å². The van der Waals surface area contributed by atoms with Crippen LogP contribution in [-0.2, 0) is 16.0 Å². The number of carboxylic acid groups (broad SMARTS) is 2. The van der Waals surface area contributed by atoms with Crippen molar-refractivity contribution in [2.75, 3.05) is 20.1 Å². The van der Waals surface area contributed by atoms with Crippen LogP contribution in [0.4, 0.5) is 0 Å². The van der Waals surface area contributed by atoms with Crippen LogP contribution in [0.15, 0.2) is 28.0 Å². The fourth-order valence-electron chi connectivity index (χ4n) is 4.15. The van der Waals surface area contributed by atoms with Gasteiger partial charge in [-0.1, -0.05) is 11.8 Å². The van der Waals surface area contributed by atoms with E-state index in [9.17, 15) is 19.8 Å². The van der Waals surface area contributed by atoms with Crippen molar-refractivity contribution in [2.24, 2.45) is 5.92 Å². The molecule has 138 valence electrons. The van der Waals surface area contributed by atoms with Gasteiger partial charge in [0.15, 0.2) is 0 Å². The first-order valence-corrected chi connectivity index (χ1v) is 10.2. The first kappa shape index (κ1) is 17.6. The Bertz CT molecular complexity index is 844. The molecule has 0 bridgehead atoms. The maximum Gasteiger partial charge on any atom is 0.335 e. The van der Waals surface area contributed by atoms with Gasteiger partial charge in [-0.25, -0.2) is 9.59 Å².